The van der Waals surface area contributed by atoms with Crippen molar-refractivity contribution in [3.8, 4) is 0 Å². The molecule has 2 rings (SSSR count). The lowest BCUT2D eigenvalue weighted by molar-refractivity contribution is 0.0448. The maximum atomic E-state index is 12.0. The van der Waals surface area contributed by atoms with Gasteiger partial charge in [-0.25, -0.2) is 4.83 Å². The summed E-state index contributed by atoms with van der Waals surface area (Å²) >= 11 is 0. The molecule has 0 heterocycles. The molecule has 1 aliphatic rings. The zero-order valence-electron chi connectivity index (χ0n) is 12.5. The number of hydrogen-bond acceptors (Lipinski definition) is 4. The van der Waals surface area contributed by atoms with E-state index in [9.17, 15) is 8.42 Å². The smallest absolute Gasteiger partial charge is 0.276 e. The van der Waals surface area contributed by atoms with Gasteiger partial charge in [-0.05, 0) is 25.5 Å². The van der Waals surface area contributed by atoms with Crippen LogP contribution in [0.4, 0.5) is 0 Å². The number of sulfonamides is 1. The molecule has 0 aromatic heterocycles. The molecule has 116 valence electrons. The Kier molecular flexibility index (Phi) is 5.36. The number of ether oxygens (including phenoxy) is 1. The minimum Gasteiger partial charge on any atom is -0.377 e. The topological polar surface area (TPSA) is 67.8 Å². The summed E-state index contributed by atoms with van der Waals surface area (Å²) in [6.45, 7) is 4.80. The lowest BCUT2D eigenvalue weighted by Crippen LogP contribution is -2.34. The van der Waals surface area contributed by atoms with E-state index in [4.69, 9.17) is 4.74 Å². The SMILES string of the molecule is CCCCOC1CC(=NNS(=O)(=O)c2ccc(C)cc2)C1. The number of hydrazone groups is 1. The molecule has 0 amide bonds. The highest BCUT2D eigenvalue weighted by molar-refractivity contribution is 7.89. The van der Waals surface area contributed by atoms with Crippen LogP contribution in [0, 0.1) is 6.92 Å². The molecule has 5 nitrogen and oxygen atoms in total. The molecule has 1 aromatic rings. The molecule has 0 atom stereocenters. The molecule has 21 heavy (non-hydrogen) atoms. The van der Waals surface area contributed by atoms with Crippen molar-refractivity contribution < 1.29 is 13.2 Å². The van der Waals surface area contributed by atoms with Crippen LogP contribution in [0.1, 0.15) is 38.2 Å². The second kappa shape index (κ2) is 7.04. The van der Waals surface area contributed by atoms with Gasteiger partial charge in [-0.3, -0.25) is 0 Å². The lowest BCUT2D eigenvalue weighted by Gasteiger charge is -2.27. The first-order valence-corrected chi connectivity index (χ1v) is 8.75. The minimum atomic E-state index is -3.57. The van der Waals surface area contributed by atoms with E-state index >= 15 is 0 Å². The van der Waals surface area contributed by atoms with Crippen LogP contribution in [0.15, 0.2) is 34.3 Å². The maximum absolute atomic E-state index is 12.0. The Morgan fingerprint density at radius 3 is 2.57 bits per heavy atom. The van der Waals surface area contributed by atoms with Crippen molar-refractivity contribution in [2.45, 2.75) is 50.5 Å². The van der Waals surface area contributed by atoms with E-state index in [2.05, 4.69) is 16.9 Å². The van der Waals surface area contributed by atoms with Crippen LogP contribution in [0.25, 0.3) is 0 Å². The monoisotopic (exact) mass is 310 g/mol. The number of nitrogens with zero attached hydrogens (tertiary/aromatic N) is 1. The van der Waals surface area contributed by atoms with Crippen LogP contribution in [0.3, 0.4) is 0 Å². The van der Waals surface area contributed by atoms with Crippen LogP contribution in [0.2, 0.25) is 0 Å². The van der Waals surface area contributed by atoms with Crippen molar-refractivity contribution in [1.29, 1.82) is 0 Å². The van der Waals surface area contributed by atoms with Gasteiger partial charge in [-0.1, -0.05) is 31.0 Å². The second-order valence-corrected chi connectivity index (χ2v) is 7.00. The Hall–Kier alpha value is -1.40. The molecule has 0 saturated heterocycles. The number of nitrogens with one attached hydrogen (secondary N) is 1. The largest absolute Gasteiger partial charge is 0.377 e. The standard InChI is InChI=1S/C15H22N2O3S/c1-3-4-9-20-14-10-13(11-14)16-17-21(18,19)15-7-5-12(2)6-8-15/h5-8,14,17H,3-4,9-11H2,1-2H3. The van der Waals surface area contributed by atoms with Crippen molar-refractivity contribution in [2.24, 2.45) is 5.10 Å². The Morgan fingerprint density at radius 2 is 1.95 bits per heavy atom. The molecule has 0 radical (unpaired) electrons. The van der Waals surface area contributed by atoms with Crippen molar-refractivity contribution in [3.63, 3.8) is 0 Å². The second-order valence-electron chi connectivity index (χ2n) is 5.34. The van der Waals surface area contributed by atoms with Gasteiger partial charge in [-0.2, -0.15) is 13.5 Å². The molecule has 0 bridgehead atoms. The summed E-state index contributed by atoms with van der Waals surface area (Å²) in [6, 6.07) is 6.69. The summed E-state index contributed by atoms with van der Waals surface area (Å²) in [5.41, 5.74) is 1.86. The molecule has 1 N–H and O–H groups in total. The molecule has 0 unspecified atom stereocenters. The Balaban J connectivity index is 1.83. The molecule has 1 saturated carbocycles. The fourth-order valence-corrected chi connectivity index (χ4v) is 2.81. The van der Waals surface area contributed by atoms with Crippen LogP contribution in [0.5, 0.6) is 0 Å². The van der Waals surface area contributed by atoms with Gasteiger partial charge in [0, 0.05) is 25.2 Å². The normalized spacial score (nSPS) is 18.2. The number of aryl methyl sites for hydroxylation is 1. The predicted molar refractivity (Wildman–Crippen MR) is 82.8 cm³/mol. The van der Waals surface area contributed by atoms with Crippen LogP contribution in [-0.2, 0) is 14.8 Å². The Labute approximate surface area is 126 Å². The van der Waals surface area contributed by atoms with Crippen molar-refractivity contribution >= 4 is 15.7 Å². The number of hydrogen-bond donors (Lipinski definition) is 1. The van der Waals surface area contributed by atoms with E-state index in [0.29, 0.717) is 12.8 Å². The highest BCUT2D eigenvalue weighted by Gasteiger charge is 2.26. The van der Waals surface area contributed by atoms with E-state index in [1.807, 2.05) is 6.92 Å². The van der Waals surface area contributed by atoms with Gasteiger partial charge in [0.1, 0.15) is 0 Å². The summed E-state index contributed by atoms with van der Waals surface area (Å²) in [5.74, 6) is 0. The first kappa shape index (κ1) is 16.0. The third-order valence-electron chi connectivity index (χ3n) is 3.43. The zero-order valence-corrected chi connectivity index (χ0v) is 13.3. The third kappa shape index (κ3) is 4.54. The van der Waals surface area contributed by atoms with Gasteiger partial charge < -0.3 is 4.74 Å². The van der Waals surface area contributed by atoms with Gasteiger partial charge >= 0.3 is 0 Å². The van der Waals surface area contributed by atoms with Crippen LogP contribution >= 0.6 is 0 Å². The highest BCUT2D eigenvalue weighted by Crippen LogP contribution is 2.20. The van der Waals surface area contributed by atoms with Gasteiger partial charge in [0.25, 0.3) is 10.0 Å². The predicted octanol–water partition coefficient (Wildman–Crippen LogP) is 2.61. The van der Waals surface area contributed by atoms with E-state index in [1.54, 1.807) is 24.3 Å². The highest BCUT2D eigenvalue weighted by atomic mass is 32.2. The van der Waals surface area contributed by atoms with E-state index in [1.165, 1.54) is 0 Å². The minimum absolute atomic E-state index is 0.194. The first-order valence-electron chi connectivity index (χ1n) is 7.27. The summed E-state index contributed by atoms with van der Waals surface area (Å²) in [6.07, 6.45) is 3.78. The Bertz CT molecular complexity index is 586. The average molecular weight is 310 g/mol. The maximum Gasteiger partial charge on any atom is 0.276 e. The van der Waals surface area contributed by atoms with Gasteiger partial charge in [0.15, 0.2) is 0 Å². The Morgan fingerprint density at radius 1 is 1.29 bits per heavy atom. The molecule has 0 aliphatic heterocycles. The van der Waals surface area contributed by atoms with Crippen LogP contribution < -0.4 is 4.83 Å². The molecule has 1 aliphatic carbocycles. The number of benzene rings is 1. The van der Waals surface area contributed by atoms with Crippen molar-refractivity contribution in [2.75, 3.05) is 6.61 Å². The lowest BCUT2D eigenvalue weighted by atomic mass is 9.93. The van der Waals surface area contributed by atoms with Crippen LogP contribution in [-0.4, -0.2) is 26.8 Å². The number of unbranched alkanes of at least 4 members (excludes halogenated alkanes) is 1. The molecule has 0 spiro atoms. The molecule has 6 heteroatoms. The number of rotatable bonds is 7. The first-order chi connectivity index (χ1) is 10.0. The molecular formula is C15H22N2O3S. The summed E-state index contributed by atoms with van der Waals surface area (Å²) < 4.78 is 29.7. The average Bonchev–Trinajstić information content (AvgIpc) is 2.41. The molecular weight excluding hydrogens is 288 g/mol. The van der Waals surface area contributed by atoms with Gasteiger partial charge in [-0.15, -0.1) is 0 Å². The van der Waals surface area contributed by atoms with E-state index in [0.717, 1.165) is 30.7 Å². The zero-order chi connectivity index (χ0) is 15.3. The molecule has 1 aromatic carbocycles. The molecule has 1 fully saturated rings. The van der Waals surface area contributed by atoms with E-state index in [-0.39, 0.29) is 11.0 Å². The summed E-state index contributed by atoms with van der Waals surface area (Å²) in [7, 11) is -3.57. The fraction of sp³-hybridized carbons (Fsp3) is 0.533. The third-order valence-corrected chi connectivity index (χ3v) is 4.66. The summed E-state index contributed by atoms with van der Waals surface area (Å²) in [4.78, 5) is 2.52. The van der Waals surface area contributed by atoms with Crippen molar-refractivity contribution in [1.82, 2.24) is 4.83 Å². The van der Waals surface area contributed by atoms with Crippen molar-refractivity contribution in [3.05, 3.63) is 29.8 Å². The quantitative estimate of drug-likeness (QED) is 0.622. The fourth-order valence-electron chi connectivity index (χ4n) is 1.96. The van der Waals surface area contributed by atoms with E-state index < -0.39 is 10.0 Å². The van der Waals surface area contributed by atoms with Gasteiger partial charge in [0.2, 0.25) is 0 Å². The van der Waals surface area contributed by atoms with Gasteiger partial charge in [0.05, 0.1) is 11.0 Å². The summed E-state index contributed by atoms with van der Waals surface area (Å²) in [5, 5.41) is 3.98.